The predicted molar refractivity (Wildman–Crippen MR) is 71.7 cm³/mol. The molecule has 2 rings (SSSR count). The fourth-order valence-corrected chi connectivity index (χ4v) is 3.65. The van der Waals surface area contributed by atoms with Crippen molar-refractivity contribution in [3.8, 4) is 0 Å². The van der Waals surface area contributed by atoms with E-state index < -0.39 is 15.8 Å². The van der Waals surface area contributed by atoms with E-state index in [-0.39, 0.29) is 17.0 Å². The molecule has 1 aliphatic rings. The van der Waals surface area contributed by atoms with Crippen molar-refractivity contribution >= 4 is 10.0 Å². The Kier molecular flexibility index (Phi) is 4.23. The van der Waals surface area contributed by atoms with Crippen LogP contribution >= 0.6 is 0 Å². The van der Waals surface area contributed by atoms with Gasteiger partial charge >= 0.3 is 0 Å². The molecule has 106 valence electrons. The van der Waals surface area contributed by atoms with E-state index in [1.165, 1.54) is 12.1 Å². The Bertz CT molecular complexity index is 560. The van der Waals surface area contributed by atoms with Crippen molar-refractivity contribution in [2.24, 2.45) is 5.73 Å². The molecule has 0 unspecified atom stereocenters. The quantitative estimate of drug-likeness (QED) is 0.888. The zero-order valence-corrected chi connectivity index (χ0v) is 11.7. The second-order valence-corrected chi connectivity index (χ2v) is 6.80. The van der Waals surface area contributed by atoms with Gasteiger partial charge in [0, 0.05) is 12.1 Å². The van der Waals surface area contributed by atoms with E-state index in [2.05, 4.69) is 4.72 Å². The Balaban J connectivity index is 2.19. The maximum Gasteiger partial charge on any atom is 0.240 e. The van der Waals surface area contributed by atoms with Crippen LogP contribution in [0, 0.1) is 12.7 Å². The normalized spacial score (nSPS) is 24.4. The molecule has 3 N–H and O–H groups in total. The van der Waals surface area contributed by atoms with Crippen LogP contribution in [-0.2, 0) is 10.0 Å². The third-order valence-corrected chi connectivity index (χ3v) is 5.07. The van der Waals surface area contributed by atoms with Gasteiger partial charge in [0.05, 0.1) is 4.90 Å². The fraction of sp³-hybridized carbons (Fsp3) is 0.538. The number of aryl methyl sites for hydroxylation is 1. The fourth-order valence-electron chi connectivity index (χ4n) is 2.31. The average Bonchev–Trinajstić information content (AvgIpc) is 2.35. The summed E-state index contributed by atoms with van der Waals surface area (Å²) in [7, 11) is -3.70. The molecule has 0 heterocycles. The summed E-state index contributed by atoms with van der Waals surface area (Å²) >= 11 is 0. The minimum Gasteiger partial charge on any atom is -0.326 e. The van der Waals surface area contributed by atoms with E-state index in [1.807, 2.05) is 0 Å². The maximum absolute atomic E-state index is 13.4. The molecule has 1 saturated carbocycles. The molecule has 1 aromatic carbocycles. The van der Waals surface area contributed by atoms with Gasteiger partial charge in [-0.25, -0.2) is 17.5 Å². The molecule has 2 atom stereocenters. The van der Waals surface area contributed by atoms with E-state index >= 15 is 0 Å². The van der Waals surface area contributed by atoms with E-state index in [4.69, 9.17) is 5.73 Å². The van der Waals surface area contributed by atoms with E-state index in [9.17, 15) is 12.8 Å². The zero-order valence-electron chi connectivity index (χ0n) is 10.9. The third-order valence-electron chi connectivity index (χ3n) is 3.58. The van der Waals surface area contributed by atoms with Crippen molar-refractivity contribution in [3.63, 3.8) is 0 Å². The largest absolute Gasteiger partial charge is 0.326 e. The Morgan fingerprint density at radius 1 is 1.32 bits per heavy atom. The zero-order chi connectivity index (χ0) is 14.0. The molecule has 1 aliphatic carbocycles. The van der Waals surface area contributed by atoms with Gasteiger partial charge in [-0.05, 0) is 37.5 Å². The summed E-state index contributed by atoms with van der Waals surface area (Å²) in [6, 6.07) is 3.49. The van der Waals surface area contributed by atoms with Crippen molar-refractivity contribution in [1.82, 2.24) is 4.72 Å². The highest BCUT2D eigenvalue weighted by Gasteiger charge is 2.27. The van der Waals surface area contributed by atoms with Gasteiger partial charge in [-0.15, -0.1) is 0 Å². The number of sulfonamides is 1. The van der Waals surface area contributed by atoms with Crippen molar-refractivity contribution < 1.29 is 12.8 Å². The minimum atomic E-state index is -3.70. The number of hydrogen-bond acceptors (Lipinski definition) is 3. The van der Waals surface area contributed by atoms with Crippen LogP contribution in [-0.4, -0.2) is 20.5 Å². The SMILES string of the molecule is Cc1ccc(S(=O)(=O)N[C@@H]2CCCC[C@H]2N)cc1F. The summed E-state index contributed by atoms with van der Waals surface area (Å²) in [6.45, 7) is 1.59. The van der Waals surface area contributed by atoms with Crippen molar-refractivity contribution in [2.75, 3.05) is 0 Å². The van der Waals surface area contributed by atoms with Gasteiger partial charge in [0.1, 0.15) is 5.82 Å². The van der Waals surface area contributed by atoms with Gasteiger partial charge in [-0.1, -0.05) is 18.9 Å². The molecule has 0 aliphatic heterocycles. The Labute approximate surface area is 113 Å². The predicted octanol–water partition coefficient (Wildman–Crippen LogP) is 1.68. The lowest BCUT2D eigenvalue weighted by Crippen LogP contribution is -2.49. The van der Waals surface area contributed by atoms with Crippen LogP contribution in [0.25, 0.3) is 0 Å². The summed E-state index contributed by atoms with van der Waals surface area (Å²) in [6.07, 6.45) is 3.53. The lowest BCUT2D eigenvalue weighted by atomic mass is 9.92. The van der Waals surface area contributed by atoms with Crippen LogP contribution in [0.2, 0.25) is 0 Å². The molecule has 6 heteroatoms. The Hall–Kier alpha value is -0.980. The second-order valence-electron chi connectivity index (χ2n) is 5.09. The number of nitrogens with one attached hydrogen (secondary N) is 1. The molecular formula is C13H19FN2O2S. The van der Waals surface area contributed by atoms with E-state index in [1.54, 1.807) is 6.92 Å². The van der Waals surface area contributed by atoms with Crippen LogP contribution in [0.3, 0.4) is 0 Å². The monoisotopic (exact) mass is 286 g/mol. The maximum atomic E-state index is 13.4. The summed E-state index contributed by atoms with van der Waals surface area (Å²) in [5.41, 5.74) is 6.34. The molecule has 19 heavy (non-hydrogen) atoms. The molecule has 0 aromatic heterocycles. The molecular weight excluding hydrogens is 267 g/mol. The number of benzene rings is 1. The summed E-state index contributed by atoms with van der Waals surface area (Å²) in [4.78, 5) is -0.0478. The van der Waals surface area contributed by atoms with Crippen molar-refractivity contribution in [1.29, 1.82) is 0 Å². The summed E-state index contributed by atoms with van der Waals surface area (Å²) in [5, 5.41) is 0. The number of rotatable bonds is 3. The molecule has 0 radical (unpaired) electrons. The average molecular weight is 286 g/mol. The molecule has 4 nitrogen and oxygen atoms in total. The van der Waals surface area contributed by atoms with Gasteiger partial charge in [0.2, 0.25) is 10.0 Å². The summed E-state index contributed by atoms with van der Waals surface area (Å²) in [5.74, 6) is -0.518. The van der Waals surface area contributed by atoms with Gasteiger partial charge < -0.3 is 5.73 Å². The Morgan fingerprint density at radius 3 is 2.63 bits per heavy atom. The first kappa shape index (κ1) is 14.4. The lowest BCUT2D eigenvalue weighted by Gasteiger charge is -2.29. The van der Waals surface area contributed by atoms with Crippen LogP contribution in [0.5, 0.6) is 0 Å². The molecule has 0 bridgehead atoms. The number of hydrogen-bond donors (Lipinski definition) is 2. The molecule has 1 aromatic rings. The van der Waals surface area contributed by atoms with Crippen molar-refractivity contribution in [2.45, 2.75) is 49.6 Å². The third kappa shape index (κ3) is 3.32. The first-order chi connectivity index (χ1) is 8.90. The van der Waals surface area contributed by atoms with Crippen LogP contribution in [0.15, 0.2) is 23.1 Å². The first-order valence-corrected chi connectivity index (χ1v) is 7.92. The van der Waals surface area contributed by atoms with E-state index in [0.717, 1.165) is 31.7 Å². The minimum absolute atomic E-state index is 0.0478. The van der Waals surface area contributed by atoms with Crippen LogP contribution < -0.4 is 10.5 Å². The molecule has 0 spiro atoms. The highest BCUT2D eigenvalue weighted by atomic mass is 32.2. The number of nitrogens with two attached hydrogens (primary N) is 1. The molecule has 1 fully saturated rings. The lowest BCUT2D eigenvalue weighted by molar-refractivity contribution is 0.361. The van der Waals surface area contributed by atoms with Gasteiger partial charge in [-0.3, -0.25) is 0 Å². The van der Waals surface area contributed by atoms with Crippen molar-refractivity contribution in [3.05, 3.63) is 29.6 Å². The van der Waals surface area contributed by atoms with Gasteiger partial charge in [0.15, 0.2) is 0 Å². The standard InChI is InChI=1S/C13H19FN2O2S/c1-9-6-7-10(8-11(9)14)19(17,18)16-13-5-3-2-4-12(13)15/h6-8,12-13,16H,2-5,15H2,1H3/t12-,13-/m1/s1. The molecule has 0 amide bonds. The first-order valence-electron chi connectivity index (χ1n) is 6.44. The summed E-state index contributed by atoms with van der Waals surface area (Å²) < 4.78 is 40.4. The van der Waals surface area contributed by atoms with Crippen LogP contribution in [0.4, 0.5) is 4.39 Å². The smallest absolute Gasteiger partial charge is 0.240 e. The highest BCUT2D eigenvalue weighted by molar-refractivity contribution is 7.89. The molecule has 0 saturated heterocycles. The number of halogens is 1. The van der Waals surface area contributed by atoms with Crippen LogP contribution in [0.1, 0.15) is 31.2 Å². The van der Waals surface area contributed by atoms with E-state index in [0.29, 0.717) is 5.56 Å². The van der Waals surface area contributed by atoms with Gasteiger partial charge in [-0.2, -0.15) is 0 Å². The topological polar surface area (TPSA) is 72.2 Å². The Morgan fingerprint density at radius 2 is 2.00 bits per heavy atom. The second kappa shape index (κ2) is 5.56. The van der Waals surface area contributed by atoms with Gasteiger partial charge in [0.25, 0.3) is 0 Å². The highest BCUT2D eigenvalue weighted by Crippen LogP contribution is 2.20.